The van der Waals surface area contributed by atoms with Crippen LogP contribution in [0.3, 0.4) is 0 Å². The Morgan fingerprint density at radius 1 is 1.09 bits per heavy atom. The SMILES string of the molecule is Cc1ccc(CN(C)C(=O)NNC(=O)c2ccoc2C)cc1. The molecule has 0 atom stereocenters. The normalized spacial score (nSPS) is 10.1. The molecule has 0 bridgehead atoms. The van der Waals surface area contributed by atoms with E-state index in [1.807, 2.05) is 31.2 Å². The van der Waals surface area contributed by atoms with Gasteiger partial charge in [0.15, 0.2) is 0 Å². The molecule has 2 N–H and O–H groups in total. The van der Waals surface area contributed by atoms with E-state index in [1.54, 1.807) is 20.0 Å². The number of carbonyl (C=O) groups excluding carboxylic acids is 2. The molecule has 0 unspecified atom stereocenters. The van der Waals surface area contributed by atoms with Gasteiger partial charge >= 0.3 is 6.03 Å². The lowest BCUT2D eigenvalue weighted by Gasteiger charge is -2.18. The van der Waals surface area contributed by atoms with Crippen molar-refractivity contribution in [1.29, 1.82) is 0 Å². The summed E-state index contributed by atoms with van der Waals surface area (Å²) in [6.45, 7) is 4.14. The molecule has 0 aliphatic carbocycles. The summed E-state index contributed by atoms with van der Waals surface area (Å²) in [5.74, 6) is 0.0862. The second-order valence-electron chi connectivity index (χ2n) is 5.12. The maximum atomic E-state index is 11.9. The first-order valence-electron chi connectivity index (χ1n) is 6.88. The second-order valence-corrected chi connectivity index (χ2v) is 5.12. The number of nitrogens with zero attached hydrogens (tertiary/aromatic N) is 1. The Morgan fingerprint density at radius 3 is 2.36 bits per heavy atom. The fourth-order valence-electron chi connectivity index (χ4n) is 1.93. The van der Waals surface area contributed by atoms with Gasteiger partial charge in [0, 0.05) is 13.6 Å². The summed E-state index contributed by atoms with van der Waals surface area (Å²) in [4.78, 5) is 25.3. The lowest BCUT2D eigenvalue weighted by molar-refractivity contribution is 0.0929. The van der Waals surface area contributed by atoms with Gasteiger partial charge in [0.25, 0.3) is 5.91 Å². The molecule has 0 radical (unpaired) electrons. The van der Waals surface area contributed by atoms with Gasteiger partial charge in [-0.1, -0.05) is 29.8 Å². The number of nitrogens with one attached hydrogen (secondary N) is 2. The third-order valence-electron chi connectivity index (χ3n) is 3.27. The molecular formula is C16H19N3O3. The van der Waals surface area contributed by atoms with Crippen LogP contribution >= 0.6 is 0 Å². The van der Waals surface area contributed by atoms with Crippen molar-refractivity contribution in [2.24, 2.45) is 0 Å². The Kier molecular flexibility index (Phi) is 4.83. The number of hydrogen-bond acceptors (Lipinski definition) is 3. The van der Waals surface area contributed by atoms with E-state index in [1.165, 1.54) is 16.7 Å². The van der Waals surface area contributed by atoms with Gasteiger partial charge in [-0.05, 0) is 25.5 Å². The molecule has 1 heterocycles. The van der Waals surface area contributed by atoms with Crippen LogP contribution in [0.4, 0.5) is 4.79 Å². The predicted octanol–water partition coefficient (Wildman–Crippen LogP) is 2.38. The van der Waals surface area contributed by atoms with Crippen molar-refractivity contribution in [2.75, 3.05) is 7.05 Å². The van der Waals surface area contributed by atoms with Crippen molar-refractivity contribution in [3.05, 3.63) is 59.0 Å². The lowest BCUT2D eigenvalue weighted by Crippen LogP contribution is -2.47. The van der Waals surface area contributed by atoms with Crippen molar-refractivity contribution in [3.63, 3.8) is 0 Å². The van der Waals surface area contributed by atoms with Crippen molar-refractivity contribution in [1.82, 2.24) is 15.8 Å². The van der Waals surface area contributed by atoms with E-state index >= 15 is 0 Å². The van der Waals surface area contributed by atoms with Crippen LogP contribution in [-0.4, -0.2) is 23.9 Å². The Labute approximate surface area is 129 Å². The van der Waals surface area contributed by atoms with Crippen molar-refractivity contribution in [2.45, 2.75) is 20.4 Å². The first-order chi connectivity index (χ1) is 10.5. The van der Waals surface area contributed by atoms with Gasteiger partial charge in [0.1, 0.15) is 5.76 Å². The van der Waals surface area contributed by atoms with Gasteiger partial charge in [-0.25, -0.2) is 10.2 Å². The van der Waals surface area contributed by atoms with Crippen LogP contribution in [0.1, 0.15) is 27.2 Å². The van der Waals surface area contributed by atoms with Gasteiger partial charge in [-0.15, -0.1) is 0 Å². The summed E-state index contributed by atoms with van der Waals surface area (Å²) < 4.78 is 5.04. The molecule has 0 spiro atoms. The van der Waals surface area contributed by atoms with Gasteiger partial charge in [0.2, 0.25) is 0 Å². The number of benzene rings is 1. The maximum absolute atomic E-state index is 11.9. The minimum atomic E-state index is -0.414. The minimum Gasteiger partial charge on any atom is -0.469 e. The highest BCUT2D eigenvalue weighted by Gasteiger charge is 2.14. The largest absolute Gasteiger partial charge is 0.469 e. The molecule has 0 saturated heterocycles. The molecule has 0 aliphatic rings. The number of hydrazine groups is 1. The van der Waals surface area contributed by atoms with Crippen LogP contribution in [0.5, 0.6) is 0 Å². The van der Waals surface area contributed by atoms with Crippen LogP contribution in [0.25, 0.3) is 0 Å². The maximum Gasteiger partial charge on any atom is 0.336 e. The molecular weight excluding hydrogens is 282 g/mol. The van der Waals surface area contributed by atoms with E-state index in [2.05, 4.69) is 10.9 Å². The van der Waals surface area contributed by atoms with Crippen molar-refractivity contribution in [3.8, 4) is 0 Å². The minimum absolute atomic E-state index is 0.390. The van der Waals surface area contributed by atoms with Gasteiger partial charge in [-0.3, -0.25) is 10.2 Å². The first kappa shape index (κ1) is 15.6. The standard InChI is InChI=1S/C16H19N3O3/c1-11-4-6-13(7-5-11)10-19(3)16(21)18-17-15(20)14-8-9-22-12(14)2/h4-9H,10H2,1-3H3,(H,17,20)(H,18,21). The van der Waals surface area contributed by atoms with Gasteiger partial charge in [-0.2, -0.15) is 0 Å². The van der Waals surface area contributed by atoms with E-state index in [0.717, 1.165) is 5.56 Å². The molecule has 1 aromatic heterocycles. The van der Waals surface area contributed by atoms with E-state index < -0.39 is 11.9 Å². The number of urea groups is 1. The first-order valence-corrected chi connectivity index (χ1v) is 6.88. The third kappa shape index (κ3) is 3.88. The summed E-state index contributed by atoms with van der Waals surface area (Å²) in [5, 5.41) is 0. The molecule has 2 rings (SSSR count). The zero-order chi connectivity index (χ0) is 16.1. The smallest absolute Gasteiger partial charge is 0.336 e. The Bertz CT molecular complexity index is 662. The Hall–Kier alpha value is -2.76. The zero-order valence-corrected chi connectivity index (χ0v) is 12.8. The zero-order valence-electron chi connectivity index (χ0n) is 12.8. The Balaban J connectivity index is 1.85. The number of aryl methyl sites for hydroxylation is 2. The third-order valence-corrected chi connectivity index (χ3v) is 3.27. The molecule has 22 heavy (non-hydrogen) atoms. The molecule has 0 saturated carbocycles. The summed E-state index contributed by atoms with van der Waals surface area (Å²) in [6.07, 6.45) is 1.43. The van der Waals surface area contributed by atoms with Crippen molar-refractivity contribution < 1.29 is 14.0 Å². The second kappa shape index (κ2) is 6.80. The average Bonchev–Trinajstić information content (AvgIpc) is 2.93. The molecule has 1 aromatic carbocycles. The fourth-order valence-corrected chi connectivity index (χ4v) is 1.93. The Morgan fingerprint density at radius 2 is 1.77 bits per heavy atom. The predicted molar refractivity (Wildman–Crippen MR) is 82.1 cm³/mol. The van der Waals surface area contributed by atoms with Crippen LogP contribution < -0.4 is 10.9 Å². The highest BCUT2D eigenvalue weighted by Crippen LogP contribution is 2.08. The quantitative estimate of drug-likeness (QED) is 0.855. The number of carbonyl (C=O) groups is 2. The molecule has 116 valence electrons. The monoisotopic (exact) mass is 301 g/mol. The summed E-state index contributed by atoms with van der Waals surface area (Å²) in [7, 11) is 1.66. The highest BCUT2D eigenvalue weighted by atomic mass is 16.3. The van der Waals surface area contributed by atoms with Crippen LogP contribution in [-0.2, 0) is 6.54 Å². The van der Waals surface area contributed by atoms with E-state index in [-0.39, 0.29) is 0 Å². The van der Waals surface area contributed by atoms with E-state index in [9.17, 15) is 9.59 Å². The lowest BCUT2D eigenvalue weighted by atomic mass is 10.1. The number of hydrogen-bond donors (Lipinski definition) is 2. The number of amides is 3. The molecule has 0 aliphatic heterocycles. The number of rotatable bonds is 3. The van der Waals surface area contributed by atoms with Gasteiger partial charge in [0.05, 0.1) is 11.8 Å². The molecule has 3 amide bonds. The molecule has 6 nitrogen and oxygen atoms in total. The fraction of sp³-hybridized carbons (Fsp3) is 0.250. The molecule has 2 aromatic rings. The van der Waals surface area contributed by atoms with E-state index in [4.69, 9.17) is 4.42 Å². The van der Waals surface area contributed by atoms with Crippen LogP contribution in [0.15, 0.2) is 41.0 Å². The van der Waals surface area contributed by atoms with Crippen LogP contribution in [0.2, 0.25) is 0 Å². The topological polar surface area (TPSA) is 74.6 Å². The van der Waals surface area contributed by atoms with Gasteiger partial charge < -0.3 is 9.32 Å². The molecule has 0 fully saturated rings. The summed E-state index contributed by atoms with van der Waals surface area (Å²) >= 11 is 0. The summed E-state index contributed by atoms with van der Waals surface area (Å²) in [5.41, 5.74) is 7.31. The number of furan rings is 1. The molecule has 6 heteroatoms. The average molecular weight is 301 g/mol. The van der Waals surface area contributed by atoms with Crippen molar-refractivity contribution >= 4 is 11.9 Å². The highest BCUT2D eigenvalue weighted by molar-refractivity contribution is 5.95. The van der Waals surface area contributed by atoms with E-state index in [0.29, 0.717) is 17.9 Å². The summed E-state index contributed by atoms with van der Waals surface area (Å²) in [6, 6.07) is 9.07. The van der Waals surface area contributed by atoms with Crippen LogP contribution in [0, 0.1) is 13.8 Å².